The van der Waals surface area contributed by atoms with Crippen molar-refractivity contribution in [3.8, 4) is 0 Å². The van der Waals surface area contributed by atoms with Crippen molar-refractivity contribution in [2.75, 3.05) is 25.4 Å². The summed E-state index contributed by atoms with van der Waals surface area (Å²) in [6.45, 7) is 2.78. The number of pyridine rings is 1. The Morgan fingerprint density at radius 2 is 1.79 bits per heavy atom. The van der Waals surface area contributed by atoms with Gasteiger partial charge in [-0.2, -0.15) is 4.31 Å². The Kier molecular flexibility index (Phi) is 6.28. The summed E-state index contributed by atoms with van der Waals surface area (Å²) in [5, 5.41) is 1.28. The average molecular weight is 399 g/mol. The van der Waals surface area contributed by atoms with E-state index in [1.54, 1.807) is 24.4 Å². The van der Waals surface area contributed by atoms with Crippen LogP contribution in [0.1, 0.15) is 17.5 Å². The van der Waals surface area contributed by atoms with Gasteiger partial charge < -0.3 is 11.5 Å². The van der Waals surface area contributed by atoms with Gasteiger partial charge in [0.05, 0.1) is 4.90 Å². The molecule has 0 amide bonds. The van der Waals surface area contributed by atoms with Gasteiger partial charge in [-0.05, 0) is 37.0 Å². The van der Waals surface area contributed by atoms with E-state index in [2.05, 4.69) is 4.98 Å². The lowest BCUT2D eigenvalue weighted by atomic mass is 10.1. The van der Waals surface area contributed by atoms with Gasteiger partial charge in [-0.25, -0.2) is 13.4 Å². The molecular weight excluding hydrogens is 372 g/mol. The zero-order valence-electron chi connectivity index (χ0n) is 16.0. The number of hydrogen-bond acceptors (Lipinski definition) is 5. The lowest BCUT2D eigenvalue weighted by Gasteiger charge is -2.23. The van der Waals surface area contributed by atoms with Crippen LogP contribution in [-0.4, -0.2) is 37.3 Å². The molecule has 0 fully saturated rings. The predicted molar refractivity (Wildman–Crippen MR) is 113 cm³/mol. The number of rotatable bonds is 8. The van der Waals surface area contributed by atoms with Gasteiger partial charge >= 0.3 is 0 Å². The van der Waals surface area contributed by atoms with E-state index in [0.717, 1.165) is 18.4 Å². The molecule has 2 aromatic carbocycles. The lowest BCUT2D eigenvalue weighted by Crippen LogP contribution is -2.36. The maximum Gasteiger partial charge on any atom is 0.243 e. The first-order valence-corrected chi connectivity index (χ1v) is 10.8. The molecule has 1 aromatic heterocycles. The van der Waals surface area contributed by atoms with E-state index in [-0.39, 0.29) is 18.0 Å². The summed E-state index contributed by atoms with van der Waals surface area (Å²) in [6, 6.07) is 15.2. The number of fused-ring (bicyclic) bond motifs is 1. The number of hydrogen-bond donors (Lipinski definition) is 2. The highest BCUT2D eigenvalue weighted by atomic mass is 32.2. The first kappa shape index (κ1) is 20.3. The molecule has 0 atom stereocenters. The Labute approximate surface area is 166 Å². The van der Waals surface area contributed by atoms with E-state index in [9.17, 15) is 8.42 Å². The highest BCUT2D eigenvalue weighted by Crippen LogP contribution is 2.30. The zero-order valence-corrected chi connectivity index (χ0v) is 16.8. The molecule has 0 saturated heterocycles. The molecule has 0 aliphatic heterocycles. The van der Waals surface area contributed by atoms with Gasteiger partial charge in [0.2, 0.25) is 10.0 Å². The minimum atomic E-state index is -3.71. The van der Waals surface area contributed by atoms with Crippen molar-refractivity contribution in [3.05, 3.63) is 65.9 Å². The average Bonchev–Trinajstić information content (AvgIpc) is 2.70. The molecule has 0 aliphatic carbocycles. The number of nitrogens with zero attached hydrogens (tertiary/aromatic N) is 2. The van der Waals surface area contributed by atoms with Crippen LogP contribution in [0.4, 0.5) is 5.82 Å². The topological polar surface area (TPSA) is 102 Å². The summed E-state index contributed by atoms with van der Waals surface area (Å²) in [7, 11) is -3.71. The molecule has 3 aromatic rings. The van der Waals surface area contributed by atoms with E-state index in [4.69, 9.17) is 11.5 Å². The number of sulfonamides is 1. The predicted octanol–water partition coefficient (Wildman–Crippen LogP) is 2.71. The van der Waals surface area contributed by atoms with Gasteiger partial charge in [0, 0.05) is 36.6 Å². The van der Waals surface area contributed by atoms with Crippen molar-refractivity contribution < 1.29 is 8.42 Å². The molecule has 0 saturated carbocycles. The highest BCUT2D eigenvalue weighted by molar-refractivity contribution is 7.89. The van der Waals surface area contributed by atoms with Gasteiger partial charge in [-0.3, -0.25) is 0 Å². The van der Waals surface area contributed by atoms with Crippen LogP contribution in [0.3, 0.4) is 0 Å². The number of nitrogen functional groups attached to an aromatic ring is 1. The van der Waals surface area contributed by atoms with Gasteiger partial charge in [0.25, 0.3) is 0 Å². The number of anilines is 1. The van der Waals surface area contributed by atoms with Crippen LogP contribution >= 0.6 is 0 Å². The second-order valence-electron chi connectivity index (χ2n) is 6.79. The minimum Gasteiger partial charge on any atom is -0.383 e. The third-order valence-corrected chi connectivity index (χ3v) is 6.75. The van der Waals surface area contributed by atoms with Crippen molar-refractivity contribution in [2.24, 2.45) is 5.73 Å². The Morgan fingerprint density at radius 3 is 2.50 bits per heavy atom. The Bertz CT molecular complexity index is 1050. The van der Waals surface area contributed by atoms with Crippen LogP contribution < -0.4 is 11.5 Å². The van der Waals surface area contributed by atoms with Crippen LogP contribution in [0.2, 0.25) is 0 Å². The summed E-state index contributed by atoms with van der Waals surface area (Å²) >= 11 is 0. The summed E-state index contributed by atoms with van der Waals surface area (Å²) in [6.07, 6.45) is 3.14. The van der Waals surface area contributed by atoms with E-state index in [1.165, 1.54) is 9.87 Å². The molecular formula is C21H26N4O2S. The molecule has 0 spiro atoms. The second kappa shape index (κ2) is 8.68. The summed E-state index contributed by atoms with van der Waals surface area (Å²) in [5.41, 5.74) is 13.7. The van der Waals surface area contributed by atoms with Crippen LogP contribution in [0.25, 0.3) is 10.8 Å². The molecule has 3 rings (SSSR count). The monoisotopic (exact) mass is 398 g/mol. The quantitative estimate of drug-likeness (QED) is 0.607. The Hall–Kier alpha value is -2.48. The minimum absolute atomic E-state index is 0.254. The van der Waals surface area contributed by atoms with Crippen molar-refractivity contribution in [1.29, 1.82) is 0 Å². The van der Waals surface area contributed by atoms with Gasteiger partial charge in [-0.1, -0.05) is 42.5 Å². The fourth-order valence-electron chi connectivity index (χ4n) is 3.41. The zero-order chi connectivity index (χ0) is 20.1. The fourth-order valence-corrected chi connectivity index (χ4v) is 5.18. The van der Waals surface area contributed by atoms with Crippen molar-refractivity contribution in [2.45, 2.75) is 24.7 Å². The molecule has 7 heteroatoms. The Balaban J connectivity index is 1.92. The maximum atomic E-state index is 13.5. The fraction of sp³-hybridized carbons (Fsp3) is 0.286. The molecule has 6 nitrogen and oxygen atoms in total. The number of nitrogens with two attached hydrogens (primary N) is 2. The van der Waals surface area contributed by atoms with Gasteiger partial charge in [0.15, 0.2) is 0 Å². The molecule has 28 heavy (non-hydrogen) atoms. The largest absolute Gasteiger partial charge is 0.383 e. The number of benzene rings is 2. The summed E-state index contributed by atoms with van der Waals surface area (Å²) in [5.74, 6) is 0.326. The van der Waals surface area contributed by atoms with Crippen LogP contribution in [0.5, 0.6) is 0 Å². The van der Waals surface area contributed by atoms with E-state index in [0.29, 0.717) is 23.1 Å². The third-order valence-electron chi connectivity index (χ3n) is 4.81. The highest BCUT2D eigenvalue weighted by Gasteiger charge is 2.26. The van der Waals surface area contributed by atoms with Crippen LogP contribution in [0, 0.1) is 6.92 Å². The van der Waals surface area contributed by atoms with Gasteiger partial charge in [0.1, 0.15) is 5.82 Å². The standard InChI is InChI=1S/C21H26N4O2S/c1-16-15-24-21(23)18-10-5-11-19(20(16)18)28(26,27)25(14-12-22)13-6-9-17-7-3-2-4-8-17/h2-5,7-8,10-11,15H,6,9,12-14,22H2,1H3,(H2,23,24). The maximum absolute atomic E-state index is 13.5. The van der Waals surface area contributed by atoms with Crippen molar-refractivity contribution >= 4 is 26.6 Å². The van der Waals surface area contributed by atoms with Gasteiger partial charge in [-0.15, -0.1) is 0 Å². The smallest absolute Gasteiger partial charge is 0.243 e. The van der Waals surface area contributed by atoms with E-state index in [1.807, 2.05) is 37.3 Å². The molecule has 0 radical (unpaired) electrons. The first-order chi connectivity index (χ1) is 13.4. The van der Waals surface area contributed by atoms with E-state index < -0.39 is 10.0 Å². The summed E-state index contributed by atoms with van der Waals surface area (Å²) < 4.78 is 28.4. The normalized spacial score (nSPS) is 12.0. The molecule has 4 N–H and O–H groups in total. The third kappa shape index (κ3) is 4.16. The SMILES string of the molecule is Cc1cnc(N)c2cccc(S(=O)(=O)N(CCN)CCCc3ccccc3)c12. The molecule has 1 heterocycles. The van der Waals surface area contributed by atoms with Crippen molar-refractivity contribution in [1.82, 2.24) is 9.29 Å². The molecule has 0 unspecified atom stereocenters. The van der Waals surface area contributed by atoms with Crippen molar-refractivity contribution in [3.63, 3.8) is 0 Å². The number of aryl methyl sites for hydroxylation is 2. The van der Waals surface area contributed by atoms with Crippen LogP contribution in [-0.2, 0) is 16.4 Å². The van der Waals surface area contributed by atoms with E-state index >= 15 is 0 Å². The molecule has 0 aliphatic rings. The summed E-state index contributed by atoms with van der Waals surface area (Å²) in [4.78, 5) is 4.40. The molecule has 148 valence electrons. The number of aromatic nitrogens is 1. The van der Waals surface area contributed by atoms with Crippen LogP contribution in [0.15, 0.2) is 59.6 Å². The Morgan fingerprint density at radius 1 is 1.04 bits per heavy atom. The first-order valence-electron chi connectivity index (χ1n) is 9.33. The molecule has 0 bridgehead atoms. The second-order valence-corrected chi connectivity index (χ2v) is 8.69. The lowest BCUT2D eigenvalue weighted by molar-refractivity contribution is 0.412.